The minimum absolute atomic E-state index is 0.0431. The molecule has 1 aromatic carbocycles. The van der Waals surface area contributed by atoms with Crippen LogP contribution >= 0.6 is 11.8 Å². The van der Waals surface area contributed by atoms with E-state index in [-0.39, 0.29) is 12.1 Å². The van der Waals surface area contributed by atoms with E-state index < -0.39 is 22.2 Å². The van der Waals surface area contributed by atoms with E-state index in [4.69, 9.17) is 15.0 Å². The molecule has 1 aromatic heterocycles. The molecule has 2 saturated heterocycles. The van der Waals surface area contributed by atoms with Crippen molar-refractivity contribution in [1.29, 1.82) is 0 Å². The molecular weight excluding hydrogens is 486 g/mol. The number of hydrogen-bond donors (Lipinski definition) is 2. The molecule has 0 aliphatic carbocycles. The Balaban J connectivity index is 1.61. The normalized spacial score (nSPS) is 24.1. The van der Waals surface area contributed by atoms with Crippen molar-refractivity contribution in [2.75, 3.05) is 10.6 Å². The molecule has 2 fully saturated rings. The third-order valence-corrected chi connectivity index (χ3v) is 8.29. The summed E-state index contributed by atoms with van der Waals surface area (Å²) in [4.78, 5) is 15.3. The van der Waals surface area contributed by atoms with Crippen molar-refractivity contribution in [3.63, 3.8) is 0 Å². The number of benzene rings is 1. The van der Waals surface area contributed by atoms with Crippen LogP contribution in [0.3, 0.4) is 0 Å². The molecule has 0 bridgehead atoms. The van der Waals surface area contributed by atoms with Gasteiger partial charge in [-0.3, -0.25) is 0 Å². The van der Waals surface area contributed by atoms with E-state index in [9.17, 15) is 10.4 Å². The fraction of sp³-hybridized carbons (Fsp3) is 0.667. The predicted octanol–water partition coefficient (Wildman–Crippen LogP) is 5.58. The molecule has 9 nitrogen and oxygen atoms in total. The van der Waals surface area contributed by atoms with Crippen LogP contribution < -0.4 is 10.6 Å². The first-order valence-electron chi connectivity index (χ1n) is 13.0. The topological polar surface area (TPSA) is 109 Å². The standard InChI is InChI=1S/C27H41N7O2S/c1-24(2)14-18(15-25(3,4)33(24)35)28-21-30-22(32-23(31-21)37-20-12-10-9-11-13-20)29-19-16-26(5,6)34(36)27(7,8)17-19/h9-13,18-19H,14-17H2,1-8H3,(H2,28,29,30,31,32). The monoisotopic (exact) mass is 527 g/mol. The van der Waals surface area contributed by atoms with Crippen molar-refractivity contribution < 1.29 is 10.4 Å². The summed E-state index contributed by atoms with van der Waals surface area (Å²) in [6.07, 6.45) is 2.72. The van der Waals surface area contributed by atoms with E-state index in [2.05, 4.69) is 10.6 Å². The van der Waals surface area contributed by atoms with Gasteiger partial charge in [-0.1, -0.05) is 18.2 Å². The zero-order chi connectivity index (χ0) is 27.2. The number of piperidine rings is 2. The van der Waals surface area contributed by atoms with Gasteiger partial charge in [0.25, 0.3) is 0 Å². The van der Waals surface area contributed by atoms with Crippen LogP contribution in [0.5, 0.6) is 0 Å². The maximum Gasteiger partial charge on any atom is 0.228 e. The fourth-order valence-corrected chi connectivity index (χ4v) is 6.99. The first kappa shape index (κ1) is 28.0. The van der Waals surface area contributed by atoms with Crippen LogP contribution in [0.2, 0.25) is 0 Å². The first-order valence-corrected chi connectivity index (χ1v) is 13.9. The maximum absolute atomic E-state index is 12.8. The van der Waals surface area contributed by atoms with Gasteiger partial charge in [-0.15, -0.1) is 20.5 Å². The summed E-state index contributed by atoms with van der Waals surface area (Å²) in [6, 6.07) is 10.1. The SMILES string of the molecule is CC1(C)CC(Nc2nc(NC3CC(C)(C)N([O])C(C)(C)C3)nc(Sc3ccccc3)n2)CC(C)(C)N1[O]. The van der Waals surface area contributed by atoms with Gasteiger partial charge in [-0.2, -0.15) is 15.0 Å². The predicted molar refractivity (Wildman–Crippen MR) is 145 cm³/mol. The van der Waals surface area contributed by atoms with Crippen molar-refractivity contribution in [2.45, 2.75) is 125 Å². The van der Waals surface area contributed by atoms with Crippen LogP contribution in [-0.2, 0) is 10.4 Å². The summed E-state index contributed by atoms with van der Waals surface area (Å²) >= 11 is 1.48. The van der Waals surface area contributed by atoms with E-state index in [1.54, 1.807) is 0 Å². The molecule has 2 radical (unpaired) electrons. The van der Waals surface area contributed by atoms with E-state index in [1.165, 1.54) is 21.9 Å². The second kappa shape index (κ2) is 9.96. The summed E-state index contributed by atoms with van der Waals surface area (Å²) in [7, 11) is 0. The van der Waals surface area contributed by atoms with Gasteiger partial charge < -0.3 is 10.6 Å². The summed E-state index contributed by atoms with van der Waals surface area (Å²) in [6.45, 7) is 15.9. The van der Waals surface area contributed by atoms with Gasteiger partial charge in [0.15, 0.2) is 5.16 Å². The molecule has 3 heterocycles. The van der Waals surface area contributed by atoms with Gasteiger partial charge in [0.2, 0.25) is 11.9 Å². The lowest BCUT2D eigenvalue weighted by molar-refractivity contribution is -0.288. The third kappa shape index (κ3) is 6.37. The Morgan fingerprint density at radius 3 is 1.43 bits per heavy atom. The van der Waals surface area contributed by atoms with Gasteiger partial charge in [0.1, 0.15) is 0 Å². The van der Waals surface area contributed by atoms with Crippen LogP contribution in [0, 0.1) is 0 Å². The third-order valence-electron chi connectivity index (χ3n) is 7.42. The second-order valence-corrected chi connectivity index (χ2v) is 14.1. The number of nitrogens with zero attached hydrogens (tertiary/aromatic N) is 5. The van der Waals surface area contributed by atoms with E-state index in [1.807, 2.05) is 85.7 Å². The molecule has 2 aliphatic heterocycles. The number of aromatic nitrogens is 3. The average Bonchev–Trinajstić information content (AvgIpc) is 2.75. The second-order valence-electron chi connectivity index (χ2n) is 13.0. The lowest BCUT2D eigenvalue weighted by atomic mass is 9.79. The molecule has 37 heavy (non-hydrogen) atoms. The quantitative estimate of drug-likeness (QED) is 0.501. The minimum Gasteiger partial charge on any atom is -0.351 e. The number of hydrogen-bond acceptors (Lipinski definition) is 8. The Kier molecular flexibility index (Phi) is 7.55. The zero-order valence-electron chi connectivity index (χ0n) is 23.3. The van der Waals surface area contributed by atoms with Crippen LogP contribution in [-0.4, -0.2) is 59.3 Å². The lowest BCUT2D eigenvalue weighted by Crippen LogP contribution is -2.60. The molecule has 0 amide bonds. The van der Waals surface area contributed by atoms with Crippen LogP contribution in [0.15, 0.2) is 40.4 Å². The van der Waals surface area contributed by atoms with Crippen molar-refractivity contribution in [3.8, 4) is 0 Å². The highest BCUT2D eigenvalue weighted by atomic mass is 32.2. The summed E-state index contributed by atoms with van der Waals surface area (Å²) in [5.74, 6) is 0.985. The molecule has 0 unspecified atom stereocenters. The van der Waals surface area contributed by atoms with Crippen LogP contribution in [0.25, 0.3) is 0 Å². The number of anilines is 2. The molecule has 2 aliphatic rings. The molecular formula is C27H41N7O2S. The Morgan fingerprint density at radius 1 is 0.676 bits per heavy atom. The van der Waals surface area contributed by atoms with Gasteiger partial charge in [0, 0.05) is 39.1 Å². The molecule has 10 heteroatoms. The summed E-state index contributed by atoms with van der Waals surface area (Å²) in [5, 5.41) is 35.7. The Morgan fingerprint density at radius 2 is 1.05 bits per heavy atom. The minimum atomic E-state index is -0.501. The average molecular weight is 528 g/mol. The Hall–Kier alpha value is -1.98. The highest BCUT2D eigenvalue weighted by Gasteiger charge is 2.47. The van der Waals surface area contributed by atoms with E-state index >= 15 is 0 Å². The van der Waals surface area contributed by atoms with Crippen molar-refractivity contribution in [3.05, 3.63) is 30.3 Å². The summed E-state index contributed by atoms with van der Waals surface area (Å²) in [5.41, 5.74) is -2.01. The Labute approximate surface area is 225 Å². The molecule has 0 spiro atoms. The van der Waals surface area contributed by atoms with Crippen molar-refractivity contribution >= 4 is 23.7 Å². The molecule has 4 rings (SSSR count). The zero-order valence-corrected chi connectivity index (χ0v) is 24.1. The lowest BCUT2D eigenvalue weighted by Gasteiger charge is -2.50. The van der Waals surface area contributed by atoms with E-state index in [0.29, 0.717) is 42.7 Å². The van der Waals surface area contributed by atoms with Gasteiger partial charge in [-0.05, 0) is 105 Å². The Bertz CT molecular complexity index is 995. The first-order chi connectivity index (χ1) is 17.1. The molecule has 2 aromatic rings. The summed E-state index contributed by atoms with van der Waals surface area (Å²) < 4.78 is 0. The highest BCUT2D eigenvalue weighted by Crippen LogP contribution is 2.39. The number of hydroxylamine groups is 4. The maximum atomic E-state index is 12.8. The van der Waals surface area contributed by atoms with E-state index in [0.717, 1.165) is 4.90 Å². The van der Waals surface area contributed by atoms with Gasteiger partial charge in [0.05, 0.1) is 0 Å². The van der Waals surface area contributed by atoms with Gasteiger partial charge >= 0.3 is 0 Å². The van der Waals surface area contributed by atoms with Crippen LogP contribution in [0.4, 0.5) is 11.9 Å². The van der Waals surface area contributed by atoms with Crippen molar-refractivity contribution in [1.82, 2.24) is 25.1 Å². The fourth-order valence-electron chi connectivity index (χ4n) is 6.22. The molecule has 0 atom stereocenters. The largest absolute Gasteiger partial charge is 0.351 e. The molecule has 2 N–H and O–H groups in total. The molecule has 202 valence electrons. The number of rotatable bonds is 6. The molecule has 0 saturated carbocycles. The smallest absolute Gasteiger partial charge is 0.228 e. The van der Waals surface area contributed by atoms with Crippen molar-refractivity contribution in [2.24, 2.45) is 0 Å². The number of nitrogens with one attached hydrogen (secondary N) is 2. The highest BCUT2D eigenvalue weighted by molar-refractivity contribution is 7.99. The van der Waals surface area contributed by atoms with Gasteiger partial charge in [-0.25, -0.2) is 0 Å². The van der Waals surface area contributed by atoms with Crippen LogP contribution in [0.1, 0.15) is 81.1 Å².